The summed E-state index contributed by atoms with van der Waals surface area (Å²) in [5.74, 6) is -12.5. The fourth-order valence-corrected chi connectivity index (χ4v) is 9.52. The van der Waals surface area contributed by atoms with E-state index in [1.54, 1.807) is 19.9 Å². The minimum absolute atomic E-state index is 0.0885. The predicted molar refractivity (Wildman–Crippen MR) is 214 cm³/mol. The molecule has 4 aliphatic rings. The van der Waals surface area contributed by atoms with Gasteiger partial charge in [-0.1, -0.05) is 13.8 Å². The average molecular weight is 867 g/mol. The number of aromatic amines is 1. The molecule has 5 heterocycles. The zero-order valence-electron chi connectivity index (χ0n) is 33.9. The molecule has 12 N–H and O–H groups in total. The Bertz CT molecular complexity index is 2250. The van der Waals surface area contributed by atoms with Crippen LogP contribution in [0.2, 0.25) is 0 Å². The highest BCUT2D eigenvalue weighted by Gasteiger charge is 2.50. The Morgan fingerprint density at radius 2 is 1.13 bits per heavy atom. The van der Waals surface area contributed by atoms with Crippen LogP contribution in [0.4, 0.5) is 0 Å². The number of hydrogen-bond donors (Lipinski definition) is 12. The first kappa shape index (κ1) is 46.2. The van der Waals surface area contributed by atoms with Gasteiger partial charge in [-0.05, 0) is 66.7 Å². The van der Waals surface area contributed by atoms with Crippen molar-refractivity contribution in [2.75, 3.05) is 0 Å². The predicted octanol–water partition coefficient (Wildman–Crippen LogP) is 3.43. The molecule has 0 spiro atoms. The van der Waals surface area contributed by atoms with E-state index in [-0.39, 0.29) is 71.0 Å². The molecule has 0 aliphatic carbocycles. The summed E-state index contributed by atoms with van der Waals surface area (Å²) in [6, 6.07) is -0.990. The Hall–Kier alpha value is -6.86. The number of aliphatic carboxylic acids is 8. The summed E-state index contributed by atoms with van der Waals surface area (Å²) in [5.41, 5.74) is -0.416. The van der Waals surface area contributed by atoms with Gasteiger partial charge in [-0.3, -0.25) is 38.4 Å². The molecule has 334 valence electrons. The topological polar surface area (TPSA) is 350 Å². The van der Waals surface area contributed by atoms with E-state index in [1.807, 2.05) is 0 Å². The van der Waals surface area contributed by atoms with E-state index in [9.17, 15) is 79.2 Å². The quantitative estimate of drug-likeness (QED) is 0.0893. The number of carboxylic acid groups (broad SMARTS) is 8. The number of carbonyl (C=O) groups is 8. The van der Waals surface area contributed by atoms with Crippen LogP contribution in [0.25, 0.3) is 12.2 Å². The minimum Gasteiger partial charge on any atom is -0.481 e. The van der Waals surface area contributed by atoms with Crippen LogP contribution in [-0.2, 0) is 51.2 Å². The van der Waals surface area contributed by atoms with Crippen molar-refractivity contribution in [2.24, 2.45) is 28.6 Å². The van der Waals surface area contributed by atoms with Crippen molar-refractivity contribution in [1.82, 2.24) is 20.9 Å². The van der Waals surface area contributed by atoms with E-state index >= 15 is 0 Å². The molecule has 62 heavy (non-hydrogen) atoms. The lowest BCUT2D eigenvalue weighted by Gasteiger charge is -2.32. The second-order valence-electron chi connectivity index (χ2n) is 16.6. The molecular weight excluding hydrogens is 816 g/mol. The van der Waals surface area contributed by atoms with Crippen molar-refractivity contribution >= 4 is 59.9 Å². The number of aromatic nitrogens is 1. The van der Waals surface area contributed by atoms with Gasteiger partial charge in [0, 0.05) is 94.1 Å². The molecule has 0 radical (unpaired) electrons. The highest BCUT2D eigenvalue weighted by Crippen LogP contribution is 2.52. The standard InChI is InChI=1S/C42H50N4O16/c1-41(17-39(59)60)23(5-9-35(51)52)29-14-27-21(11-37(55)56)19(3-7-33(47)48)25(43-27)13-26-20(4-8-34(49)50)22(12-38(57)58)28(44-26)15-31-42(2,18-40(61)62)24(6-10-36(53)54)30(46-31)16-32(41)45-29/h13-16,20,22-23,31,43-46H,3-12,17-18H2,1-2H3,(H,47,48)(H,49,50)(H,51,52)(H,53,54)(H,55,56)(H,57,58)(H,59,60)(H,61,62)/b26-13-,28-15+,29-14-,32-16-/t20-,22+,23-,31?,41+,42+/m1/s1. The van der Waals surface area contributed by atoms with Crippen molar-refractivity contribution < 1.29 is 79.2 Å². The third-order valence-electron chi connectivity index (χ3n) is 12.4. The monoisotopic (exact) mass is 866 g/mol. The molecule has 1 aromatic heterocycles. The Kier molecular flexibility index (Phi) is 13.7. The van der Waals surface area contributed by atoms with Gasteiger partial charge < -0.3 is 61.8 Å². The summed E-state index contributed by atoms with van der Waals surface area (Å²) < 4.78 is 0. The Morgan fingerprint density at radius 1 is 0.565 bits per heavy atom. The molecule has 2 fully saturated rings. The highest BCUT2D eigenvalue weighted by atomic mass is 16.4. The smallest absolute Gasteiger partial charge is 0.307 e. The summed E-state index contributed by atoms with van der Waals surface area (Å²) in [5, 5.41) is 89.7. The van der Waals surface area contributed by atoms with E-state index in [2.05, 4.69) is 20.9 Å². The molecule has 1 aromatic rings. The second-order valence-corrected chi connectivity index (χ2v) is 16.6. The van der Waals surface area contributed by atoms with Crippen LogP contribution in [0.3, 0.4) is 0 Å². The van der Waals surface area contributed by atoms with Gasteiger partial charge >= 0.3 is 47.8 Å². The van der Waals surface area contributed by atoms with Crippen LogP contribution in [0.5, 0.6) is 0 Å². The SMILES string of the molecule is C[C@]1(CC(=O)O)C(CCC(=O)O)=C2/C=C3\N/C(=C\c4[nH]c(c(CCC(=O)O)c4CC(=O)O)/C=C4\N/C(=C/C1N2)[C@@H](CC(=O)O)[C@H]4CCC(=O)O)[C@@H](CCC(=O)O)[C@]3(C)CC(=O)O. The van der Waals surface area contributed by atoms with Crippen LogP contribution >= 0.6 is 0 Å². The van der Waals surface area contributed by atoms with Crippen LogP contribution in [0.1, 0.15) is 101 Å². The van der Waals surface area contributed by atoms with Gasteiger partial charge in [0.15, 0.2) is 0 Å². The van der Waals surface area contributed by atoms with Crippen LogP contribution in [0, 0.1) is 28.6 Å². The fraction of sp³-hybridized carbons (Fsp3) is 0.476. The Balaban J connectivity index is 1.94. The minimum atomic E-state index is -1.41. The van der Waals surface area contributed by atoms with Crippen molar-refractivity contribution in [3.8, 4) is 0 Å². The summed E-state index contributed by atoms with van der Waals surface area (Å²) in [6.45, 7) is 3.20. The first-order valence-electron chi connectivity index (χ1n) is 19.9. The molecule has 4 aliphatic heterocycles. The summed E-state index contributed by atoms with van der Waals surface area (Å²) >= 11 is 0. The third kappa shape index (κ3) is 10.2. The normalized spacial score (nSPS) is 28.4. The third-order valence-corrected chi connectivity index (χ3v) is 12.4. The van der Waals surface area contributed by atoms with Gasteiger partial charge in [-0.2, -0.15) is 0 Å². The molecule has 8 bridgehead atoms. The number of carboxylic acids is 8. The lowest BCUT2D eigenvalue weighted by Crippen LogP contribution is -2.38. The molecule has 0 saturated carbocycles. The second kappa shape index (κ2) is 18.4. The molecule has 2 saturated heterocycles. The fourth-order valence-electron chi connectivity index (χ4n) is 9.52. The molecule has 0 amide bonds. The summed E-state index contributed by atoms with van der Waals surface area (Å²) in [4.78, 5) is 101. The van der Waals surface area contributed by atoms with Gasteiger partial charge in [0.25, 0.3) is 0 Å². The summed E-state index contributed by atoms with van der Waals surface area (Å²) in [7, 11) is 0. The van der Waals surface area contributed by atoms with Gasteiger partial charge in [0.2, 0.25) is 0 Å². The molecule has 1 unspecified atom stereocenters. The first-order chi connectivity index (χ1) is 29.0. The van der Waals surface area contributed by atoms with Crippen molar-refractivity contribution in [1.29, 1.82) is 0 Å². The maximum atomic E-state index is 12.6. The van der Waals surface area contributed by atoms with Crippen molar-refractivity contribution in [3.63, 3.8) is 0 Å². The molecule has 20 heteroatoms. The van der Waals surface area contributed by atoms with Crippen molar-refractivity contribution in [3.05, 3.63) is 68.7 Å². The van der Waals surface area contributed by atoms with E-state index in [4.69, 9.17) is 0 Å². The van der Waals surface area contributed by atoms with Crippen molar-refractivity contribution in [2.45, 2.75) is 96.9 Å². The maximum Gasteiger partial charge on any atom is 0.307 e. The van der Waals surface area contributed by atoms with Gasteiger partial charge in [-0.15, -0.1) is 0 Å². The van der Waals surface area contributed by atoms with Crippen LogP contribution in [0.15, 0.2) is 46.2 Å². The number of hydrogen-bond acceptors (Lipinski definition) is 11. The first-order valence-corrected chi connectivity index (χ1v) is 19.9. The zero-order valence-corrected chi connectivity index (χ0v) is 33.9. The average Bonchev–Trinajstić information content (AvgIpc) is 3.77. The molecule has 20 nitrogen and oxygen atoms in total. The number of rotatable bonds is 20. The van der Waals surface area contributed by atoms with E-state index in [0.717, 1.165) is 0 Å². The number of allylic oxidation sites excluding steroid dienone is 5. The highest BCUT2D eigenvalue weighted by molar-refractivity contribution is 5.78. The van der Waals surface area contributed by atoms with Crippen LogP contribution < -0.4 is 16.0 Å². The Labute approximate surface area is 353 Å². The number of fused-ring (bicyclic) bond motifs is 8. The largest absolute Gasteiger partial charge is 0.481 e. The molecule has 5 rings (SSSR count). The van der Waals surface area contributed by atoms with Gasteiger partial charge in [-0.25, -0.2) is 0 Å². The molecular formula is C42H50N4O16. The van der Waals surface area contributed by atoms with E-state index in [1.165, 1.54) is 18.2 Å². The lowest BCUT2D eigenvalue weighted by atomic mass is 9.71. The number of nitrogens with one attached hydrogen (secondary N) is 4. The van der Waals surface area contributed by atoms with Gasteiger partial charge in [0.1, 0.15) is 0 Å². The van der Waals surface area contributed by atoms with Crippen LogP contribution in [-0.4, -0.2) is 99.6 Å². The Morgan fingerprint density at radius 3 is 1.71 bits per heavy atom. The lowest BCUT2D eigenvalue weighted by molar-refractivity contribution is -0.140. The zero-order chi connectivity index (χ0) is 45.8. The summed E-state index contributed by atoms with van der Waals surface area (Å²) in [6.07, 6.45) is 1.62. The number of H-pyrrole nitrogens is 1. The van der Waals surface area contributed by atoms with E-state index in [0.29, 0.717) is 11.3 Å². The van der Waals surface area contributed by atoms with E-state index < -0.39 is 134 Å². The van der Waals surface area contributed by atoms with Gasteiger partial charge in [0.05, 0.1) is 31.7 Å². The molecule has 6 atom stereocenters. The molecule has 0 aromatic carbocycles. The maximum absolute atomic E-state index is 12.6.